The first-order valence-electron chi connectivity index (χ1n) is 21.0. The summed E-state index contributed by atoms with van der Waals surface area (Å²) in [5, 5.41) is 9.61. The molecule has 0 aliphatic rings. The van der Waals surface area contributed by atoms with Crippen molar-refractivity contribution >= 4 is 17.9 Å². The van der Waals surface area contributed by atoms with Gasteiger partial charge in [-0.25, -0.2) is 4.79 Å². The van der Waals surface area contributed by atoms with Gasteiger partial charge in [0.1, 0.15) is 6.61 Å². The van der Waals surface area contributed by atoms with Crippen LogP contribution in [0, 0.1) is 0 Å². The van der Waals surface area contributed by atoms with Crippen molar-refractivity contribution < 1.29 is 38.2 Å². The average Bonchev–Trinajstić information content (AvgIpc) is 3.12. The number of nitrogens with zero attached hydrogens (tertiary/aromatic N) is 1. The maximum atomic E-state index is 12.7. The lowest BCUT2D eigenvalue weighted by Gasteiger charge is -2.31. The number of aliphatic carboxylic acids is 1. The second-order valence-corrected chi connectivity index (χ2v) is 15.0. The Bertz CT molecular complexity index is 1110. The minimum Gasteiger partial charge on any atom is -0.477 e. The third-order valence-electron chi connectivity index (χ3n) is 8.96. The third kappa shape index (κ3) is 34.5. The number of carboxylic acid groups (broad SMARTS) is 1. The van der Waals surface area contributed by atoms with Crippen molar-refractivity contribution in [2.24, 2.45) is 0 Å². The molecule has 0 aromatic heterocycles. The lowest BCUT2D eigenvalue weighted by atomic mass is 10.1. The summed E-state index contributed by atoms with van der Waals surface area (Å²) >= 11 is 0. The highest BCUT2D eigenvalue weighted by Crippen LogP contribution is 2.13. The summed E-state index contributed by atoms with van der Waals surface area (Å²) < 4.78 is 17.2. The van der Waals surface area contributed by atoms with Gasteiger partial charge in [0.05, 0.1) is 34.4 Å². The molecule has 0 saturated heterocycles. The summed E-state index contributed by atoms with van der Waals surface area (Å²) in [5.41, 5.74) is 0. The largest absolute Gasteiger partial charge is 0.477 e. The molecule has 0 bridgehead atoms. The van der Waals surface area contributed by atoms with Gasteiger partial charge in [-0.15, -0.1) is 0 Å². The van der Waals surface area contributed by atoms with Crippen molar-refractivity contribution in [3.8, 4) is 0 Å². The highest BCUT2D eigenvalue weighted by molar-refractivity contribution is 5.72. The van der Waals surface area contributed by atoms with Crippen LogP contribution in [0.4, 0.5) is 0 Å². The predicted octanol–water partition coefficient (Wildman–Crippen LogP) is 11.2. The number of allylic oxidation sites excluding steroid dienone is 12. The van der Waals surface area contributed by atoms with Gasteiger partial charge >= 0.3 is 17.9 Å². The zero-order valence-electron chi connectivity index (χ0n) is 34.9. The molecule has 1 N–H and O–H groups in total. The monoisotopic (exact) mass is 757 g/mol. The summed E-state index contributed by atoms with van der Waals surface area (Å²) in [6.45, 7) is 4.51. The fraction of sp³-hybridized carbons (Fsp3) is 0.674. The van der Waals surface area contributed by atoms with E-state index in [4.69, 9.17) is 14.2 Å². The Balaban J connectivity index is 4.45. The number of hydrogen-bond acceptors (Lipinski definition) is 6. The van der Waals surface area contributed by atoms with Crippen LogP contribution in [0.25, 0.3) is 0 Å². The van der Waals surface area contributed by atoms with Crippen molar-refractivity contribution in [1.82, 2.24) is 0 Å². The molecule has 0 radical (unpaired) electrons. The zero-order valence-corrected chi connectivity index (χ0v) is 34.9. The van der Waals surface area contributed by atoms with Crippen molar-refractivity contribution in [2.75, 3.05) is 41.0 Å². The van der Waals surface area contributed by atoms with E-state index < -0.39 is 18.1 Å². The summed E-state index contributed by atoms with van der Waals surface area (Å²) in [4.78, 5) is 36.9. The summed E-state index contributed by atoms with van der Waals surface area (Å²) in [5.74, 6) is -1.52. The highest BCUT2D eigenvalue weighted by Gasteiger charge is 2.31. The van der Waals surface area contributed by atoms with Crippen LogP contribution in [-0.2, 0) is 28.6 Å². The summed E-state index contributed by atoms with van der Waals surface area (Å²) in [7, 11) is 5.50. The minimum absolute atomic E-state index is 0.0435. The van der Waals surface area contributed by atoms with Crippen LogP contribution < -0.4 is 0 Å². The van der Waals surface area contributed by atoms with E-state index in [9.17, 15) is 19.5 Å². The fourth-order valence-corrected chi connectivity index (χ4v) is 5.68. The van der Waals surface area contributed by atoms with Crippen LogP contribution in [0.2, 0.25) is 0 Å². The molecule has 0 aromatic carbocycles. The van der Waals surface area contributed by atoms with Crippen LogP contribution in [0.15, 0.2) is 72.9 Å². The molecular weight excluding hydrogens is 679 g/mol. The molecule has 308 valence electrons. The predicted molar refractivity (Wildman–Crippen MR) is 224 cm³/mol. The zero-order chi connectivity index (χ0) is 40.0. The first kappa shape index (κ1) is 50.8. The number of ether oxygens (including phenoxy) is 3. The normalized spacial score (nSPS) is 13.7. The molecule has 8 heteroatoms. The van der Waals surface area contributed by atoms with E-state index in [1.165, 1.54) is 32.1 Å². The van der Waals surface area contributed by atoms with E-state index in [0.29, 0.717) is 19.3 Å². The number of hydrogen-bond donors (Lipinski definition) is 1. The average molecular weight is 757 g/mol. The lowest BCUT2D eigenvalue weighted by Crippen LogP contribution is -2.50. The van der Waals surface area contributed by atoms with Gasteiger partial charge in [0.25, 0.3) is 0 Å². The highest BCUT2D eigenvalue weighted by atomic mass is 16.6. The number of carbonyl (C=O) groups is 3. The molecule has 0 aliphatic heterocycles. The molecule has 0 amide bonds. The topological polar surface area (TPSA) is 99.1 Å². The Morgan fingerprint density at radius 2 is 1.04 bits per heavy atom. The number of quaternary nitrogens is 1. The number of carbonyl (C=O) groups excluding carboxylic acids is 2. The standard InChI is InChI=1S/C46H77NO7/c1-6-8-10-12-14-16-18-20-22-24-26-28-30-32-34-36-44(48)53-41-42(40-52-39-38-43(46(50)51)47(3,4)5)54-45(49)37-35-33-31-29-27-25-23-21-19-17-15-13-11-9-7-2/h9,11,13-21,23,42-43H,6-8,10,12,22,24-41H2,1-5H3/p+1/b11-9+,15-13+,16-14+,19-17+,20-18+,23-21+. The fourth-order valence-electron chi connectivity index (χ4n) is 5.68. The molecule has 0 saturated carbocycles. The van der Waals surface area contributed by atoms with Gasteiger partial charge in [0, 0.05) is 19.3 Å². The van der Waals surface area contributed by atoms with Gasteiger partial charge in [-0.3, -0.25) is 9.59 Å². The second kappa shape index (κ2) is 36.7. The summed E-state index contributed by atoms with van der Waals surface area (Å²) in [6, 6.07) is -0.624. The maximum Gasteiger partial charge on any atom is 0.362 e. The van der Waals surface area contributed by atoms with E-state index in [1.807, 2.05) is 51.5 Å². The number of unbranched alkanes of at least 4 members (excludes halogenated alkanes) is 14. The van der Waals surface area contributed by atoms with Gasteiger partial charge in [-0.05, 0) is 57.8 Å². The van der Waals surface area contributed by atoms with Crippen molar-refractivity contribution in [1.29, 1.82) is 0 Å². The Kier molecular flexibility index (Phi) is 34.5. The number of esters is 2. The second-order valence-electron chi connectivity index (χ2n) is 15.0. The molecule has 0 heterocycles. The van der Waals surface area contributed by atoms with E-state index in [1.54, 1.807) is 0 Å². The quantitative estimate of drug-likeness (QED) is 0.0294. The molecule has 54 heavy (non-hydrogen) atoms. The first-order chi connectivity index (χ1) is 26.1. The van der Waals surface area contributed by atoms with Crippen molar-refractivity contribution in [3.05, 3.63) is 72.9 Å². The number of likely N-dealkylation sites (N-methyl/N-ethyl adjacent to an activating group) is 1. The number of carboxylic acids is 1. The first-order valence-corrected chi connectivity index (χ1v) is 21.0. The van der Waals surface area contributed by atoms with E-state index in [0.717, 1.165) is 83.5 Å². The van der Waals surface area contributed by atoms with E-state index in [-0.39, 0.29) is 36.2 Å². The van der Waals surface area contributed by atoms with Crippen LogP contribution in [-0.4, -0.2) is 80.6 Å². The van der Waals surface area contributed by atoms with Gasteiger partial charge in [0.15, 0.2) is 12.1 Å². The van der Waals surface area contributed by atoms with Crippen LogP contribution in [0.3, 0.4) is 0 Å². The van der Waals surface area contributed by atoms with Gasteiger partial charge in [0.2, 0.25) is 0 Å². The Morgan fingerprint density at radius 3 is 1.56 bits per heavy atom. The lowest BCUT2D eigenvalue weighted by molar-refractivity contribution is -0.887. The van der Waals surface area contributed by atoms with E-state index >= 15 is 0 Å². The van der Waals surface area contributed by atoms with Gasteiger partial charge in [-0.2, -0.15) is 0 Å². The SMILES string of the molecule is CC/C=C/C=C/C=C/C=C/CCCCCCCC(=O)OC(COCCC(C(=O)O)[N+](C)(C)C)COC(=O)CCCCCCCC/C=C/C=C/CCCCC. The molecule has 0 fully saturated rings. The van der Waals surface area contributed by atoms with Crippen LogP contribution >= 0.6 is 0 Å². The molecule has 2 unspecified atom stereocenters. The molecule has 0 aliphatic carbocycles. The maximum absolute atomic E-state index is 12.7. The Labute approximate surface area is 330 Å². The molecular formula is C46H78NO7+. The van der Waals surface area contributed by atoms with E-state index in [2.05, 4.69) is 56.4 Å². The Morgan fingerprint density at radius 1 is 0.574 bits per heavy atom. The van der Waals surface area contributed by atoms with Crippen molar-refractivity contribution in [2.45, 2.75) is 161 Å². The molecule has 0 rings (SSSR count). The molecule has 0 aromatic rings. The smallest absolute Gasteiger partial charge is 0.362 e. The third-order valence-corrected chi connectivity index (χ3v) is 8.96. The van der Waals surface area contributed by atoms with Crippen LogP contribution in [0.1, 0.15) is 149 Å². The number of rotatable bonds is 36. The molecule has 0 spiro atoms. The molecule has 8 nitrogen and oxygen atoms in total. The molecule has 2 atom stereocenters. The van der Waals surface area contributed by atoms with Gasteiger partial charge in [-0.1, -0.05) is 145 Å². The summed E-state index contributed by atoms with van der Waals surface area (Å²) in [6.07, 6.45) is 45.1. The van der Waals surface area contributed by atoms with Crippen LogP contribution in [0.5, 0.6) is 0 Å². The van der Waals surface area contributed by atoms with Gasteiger partial charge < -0.3 is 23.8 Å². The minimum atomic E-state index is -0.885. The Hall–Kier alpha value is -3.23. The van der Waals surface area contributed by atoms with Crippen molar-refractivity contribution in [3.63, 3.8) is 0 Å².